The molecule has 0 spiro atoms. The van der Waals surface area contributed by atoms with Crippen LogP contribution >= 0.6 is 0 Å². The first kappa shape index (κ1) is 19.8. The van der Waals surface area contributed by atoms with Crippen molar-refractivity contribution in [1.82, 2.24) is 4.90 Å². The van der Waals surface area contributed by atoms with Crippen molar-refractivity contribution >= 4 is 11.7 Å². The van der Waals surface area contributed by atoms with E-state index in [1.54, 1.807) is 0 Å². The molecule has 4 nitrogen and oxygen atoms in total. The minimum absolute atomic E-state index is 0.0663. The molecule has 0 radical (unpaired) electrons. The normalized spacial score (nSPS) is 10.3. The monoisotopic (exact) mass is 354 g/mol. The van der Waals surface area contributed by atoms with Crippen LogP contribution in [0.2, 0.25) is 0 Å². The number of rotatable bonds is 11. The van der Waals surface area contributed by atoms with Crippen LogP contribution in [0.1, 0.15) is 39.0 Å². The zero-order chi connectivity index (χ0) is 18.5. The summed E-state index contributed by atoms with van der Waals surface area (Å²) in [5.41, 5.74) is 0.817. The highest BCUT2D eigenvalue weighted by Crippen LogP contribution is 2.11. The van der Waals surface area contributed by atoms with Crippen molar-refractivity contribution in [2.24, 2.45) is 0 Å². The van der Waals surface area contributed by atoms with E-state index >= 15 is 0 Å². The van der Waals surface area contributed by atoms with E-state index in [1.807, 2.05) is 65.6 Å². The molecular formula is C22H30N2O2. The summed E-state index contributed by atoms with van der Waals surface area (Å²) in [5, 5.41) is 2.97. The van der Waals surface area contributed by atoms with Gasteiger partial charge in [0.2, 0.25) is 0 Å². The fourth-order valence-electron chi connectivity index (χ4n) is 2.74. The SMILES string of the molecule is CCCCCCCN(CCOc1ccccc1)C(=O)Nc1ccccc1. The molecule has 0 fully saturated rings. The van der Waals surface area contributed by atoms with Crippen LogP contribution in [0.15, 0.2) is 60.7 Å². The predicted octanol–water partition coefficient (Wildman–Crippen LogP) is 5.57. The lowest BCUT2D eigenvalue weighted by Gasteiger charge is -2.23. The summed E-state index contributed by atoms with van der Waals surface area (Å²) in [5.74, 6) is 0.832. The van der Waals surface area contributed by atoms with Crippen molar-refractivity contribution in [2.45, 2.75) is 39.0 Å². The van der Waals surface area contributed by atoms with Gasteiger partial charge in [0, 0.05) is 12.2 Å². The third kappa shape index (κ3) is 7.60. The first-order chi connectivity index (χ1) is 12.8. The van der Waals surface area contributed by atoms with Crippen LogP contribution in [0.3, 0.4) is 0 Å². The fraction of sp³-hybridized carbons (Fsp3) is 0.409. The van der Waals surface area contributed by atoms with Gasteiger partial charge in [-0.15, -0.1) is 0 Å². The highest BCUT2D eigenvalue weighted by atomic mass is 16.5. The molecule has 2 rings (SSSR count). The number of nitrogens with zero attached hydrogens (tertiary/aromatic N) is 1. The number of anilines is 1. The number of carbonyl (C=O) groups is 1. The average Bonchev–Trinajstić information content (AvgIpc) is 2.68. The van der Waals surface area contributed by atoms with Gasteiger partial charge in [0.15, 0.2) is 0 Å². The predicted molar refractivity (Wildman–Crippen MR) is 108 cm³/mol. The molecule has 0 aliphatic rings. The van der Waals surface area contributed by atoms with E-state index in [4.69, 9.17) is 4.74 Å². The molecular weight excluding hydrogens is 324 g/mol. The van der Waals surface area contributed by atoms with Gasteiger partial charge in [0.1, 0.15) is 12.4 Å². The van der Waals surface area contributed by atoms with Gasteiger partial charge in [-0.3, -0.25) is 0 Å². The number of urea groups is 1. The standard InChI is InChI=1S/C22H30N2O2/c1-2-3-4-5-12-17-24(18-19-26-21-15-10-7-11-16-21)22(25)23-20-13-8-6-9-14-20/h6-11,13-16H,2-5,12,17-19H2,1H3,(H,23,25). The topological polar surface area (TPSA) is 41.6 Å². The van der Waals surface area contributed by atoms with Gasteiger partial charge in [0.05, 0.1) is 6.54 Å². The highest BCUT2D eigenvalue weighted by Gasteiger charge is 2.13. The lowest BCUT2D eigenvalue weighted by Crippen LogP contribution is -2.38. The second-order valence-corrected chi connectivity index (χ2v) is 6.36. The van der Waals surface area contributed by atoms with Gasteiger partial charge in [-0.05, 0) is 30.7 Å². The lowest BCUT2D eigenvalue weighted by molar-refractivity contribution is 0.193. The zero-order valence-electron chi connectivity index (χ0n) is 15.7. The summed E-state index contributed by atoms with van der Waals surface area (Å²) >= 11 is 0. The molecule has 140 valence electrons. The number of para-hydroxylation sites is 2. The molecule has 0 heterocycles. The Morgan fingerprint density at radius 3 is 2.23 bits per heavy atom. The van der Waals surface area contributed by atoms with Crippen LogP contribution in [0.4, 0.5) is 10.5 Å². The lowest BCUT2D eigenvalue weighted by atomic mass is 10.1. The number of benzene rings is 2. The Bertz CT molecular complexity index is 617. The third-order valence-electron chi connectivity index (χ3n) is 4.22. The maximum atomic E-state index is 12.6. The molecule has 0 aromatic heterocycles. The Hall–Kier alpha value is -2.49. The molecule has 4 heteroatoms. The molecule has 0 unspecified atom stereocenters. The fourth-order valence-corrected chi connectivity index (χ4v) is 2.74. The van der Waals surface area contributed by atoms with Crippen molar-refractivity contribution in [2.75, 3.05) is 25.0 Å². The number of amides is 2. The maximum absolute atomic E-state index is 12.6. The molecule has 0 atom stereocenters. The smallest absolute Gasteiger partial charge is 0.321 e. The van der Waals surface area contributed by atoms with Gasteiger partial charge in [-0.25, -0.2) is 4.79 Å². The van der Waals surface area contributed by atoms with Crippen LogP contribution in [0.25, 0.3) is 0 Å². The van der Waals surface area contributed by atoms with Crippen LogP contribution in [-0.4, -0.2) is 30.6 Å². The van der Waals surface area contributed by atoms with Gasteiger partial charge in [0.25, 0.3) is 0 Å². The van der Waals surface area contributed by atoms with Gasteiger partial charge in [-0.1, -0.05) is 69.0 Å². The molecule has 26 heavy (non-hydrogen) atoms. The molecule has 0 aliphatic heterocycles. The Labute approximate surface area is 157 Å². The molecule has 2 aromatic carbocycles. The quantitative estimate of drug-likeness (QED) is 0.536. The number of unbranched alkanes of at least 4 members (excludes halogenated alkanes) is 4. The second-order valence-electron chi connectivity index (χ2n) is 6.36. The summed E-state index contributed by atoms with van der Waals surface area (Å²) in [7, 11) is 0. The Balaban J connectivity index is 1.84. The van der Waals surface area contributed by atoms with Gasteiger partial charge in [-0.2, -0.15) is 0 Å². The number of ether oxygens (including phenoxy) is 1. The summed E-state index contributed by atoms with van der Waals surface area (Å²) in [6.07, 6.45) is 5.89. The van der Waals surface area contributed by atoms with Crippen molar-refractivity contribution in [3.8, 4) is 5.75 Å². The molecule has 0 saturated carbocycles. The van der Waals surface area contributed by atoms with Crippen molar-refractivity contribution in [3.63, 3.8) is 0 Å². The van der Waals surface area contributed by atoms with Crippen molar-refractivity contribution in [3.05, 3.63) is 60.7 Å². The van der Waals surface area contributed by atoms with E-state index < -0.39 is 0 Å². The molecule has 2 amide bonds. The van der Waals surface area contributed by atoms with Gasteiger partial charge < -0.3 is 15.0 Å². The van der Waals surface area contributed by atoms with Gasteiger partial charge >= 0.3 is 6.03 Å². The highest BCUT2D eigenvalue weighted by molar-refractivity contribution is 5.89. The minimum Gasteiger partial charge on any atom is -0.492 e. The van der Waals surface area contributed by atoms with Crippen molar-refractivity contribution < 1.29 is 9.53 Å². The van der Waals surface area contributed by atoms with Crippen LogP contribution in [0, 0.1) is 0 Å². The average molecular weight is 354 g/mol. The first-order valence-electron chi connectivity index (χ1n) is 9.58. The third-order valence-corrected chi connectivity index (χ3v) is 4.22. The maximum Gasteiger partial charge on any atom is 0.321 e. The van der Waals surface area contributed by atoms with E-state index in [0.29, 0.717) is 13.2 Å². The van der Waals surface area contributed by atoms with E-state index in [2.05, 4.69) is 12.2 Å². The van der Waals surface area contributed by atoms with E-state index in [9.17, 15) is 4.79 Å². The van der Waals surface area contributed by atoms with Crippen LogP contribution in [0.5, 0.6) is 5.75 Å². The summed E-state index contributed by atoms with van der Waals surface area (Å²) in [6, 6.07) is 19.2. The van der Waals surface area contributed by atoms with E-state index in [0.717, 1.165) is 30.8 Å². The molecule has 2 aromatic rings. The molecule has 1 N–H and O–H groups in total. The number of hydrogen-bond acceptors (Lipinski definition) is 2. The largest absolute Gasteiger partial charge is 0.492 e. The number of carbonyl (C=O) groups excluding carboxylic acids is 1. The Kier molecular flexibility index (Phi) is 9.12. The summed E-state index contributed by atoms with van der Waals surface area (Å²) < 4.78 is 5.76. The summed E-state index contributed by atoms with van der Waals surface area (Å²) in [4.78, 5) is 14.5. The molecule has 0 bridgehead atoms. The Morgan fingerprint density at radius 2 is 1.54 bits per heavy atom. The van der Waals surface area contributed by atoms with Crippen molar-refractivity contribution in [1.29, 1.82) is 0 Å². The second kappa shape index (κ2) is 12.0. The van der Waals surface area contributed by atoms with Crippen LogP contribution in [-0.2, 0) is 0 Å². The van der Waals surface area contributed by atoms with E-state index in [1.165, 1.54) is 19.3 Å². The Morgan fingerprint density at radius 1 is 0.885 bits per heavy atom. The van der Waals surface area contributed by atoms with Crippen LogP contribution < -0.4 is 10.1 Å². The first-order valence-corrected chi connectivity index (χ1v) is 9.58. The number of nitrogens with one attached hydrogen (secondary N) is 1. The van der Waals surface area contributed by atoms with E-state index in [-0.39, 0.29) is 6.03 Å². The molecule has 0 aliphatic carbocycles. The minimum atomic E-state index is -0.0663. The zero-order valence-corrected chi connectivity index (χ0v) is 15.7. The number of hydrogen-bond donors (Lipinski definition) is 1. The summed E-state index contributed by atoms with van der Waals surface area (Å²) in [6.45, 7) is 4.02. The molecule has 0 saturated heterocycles.